The zero-order chi connectivity index (χ0) is 11.4. The molecule has 0 aliphatic rings. The van der Waals surface area contributed by atoms with Gasteiger partial charge in [-0.1, -0.05) is 0 Å². The lowest BCUT2D eigenvalue weighted by Gasteiger charge is -2.01. The van der Waals surface area contributed by atoms with E-state index in [0.717, 1.165) is 0 Å². The molecule has 15 heavy (non-hydrogen) atoms. The van der Waals surface area contributed by atoms with Gasteiger partial charge in [-0.15, -0.1) is 0 Å². The molecule has 0 radical (unpaired) electrons. The first-order valence-corrected chi connectivity index (χ1v) is 4.24. The Morgan fingerprint density at radius 1 is 1.40 bits per heavy atom. The van der Waals surface area contributed by atoms with E-state index in [0.29, 0.717) is 0 Å². The standard InChI is InChI=1S/C8H11N3O4/c1-4(9-2-3-12)5-6(13)10-8(15)11-7(5)14/h12H,2-3H2,1H3,(H3,10,11,13,14,15). The zero-order valence-electron chi connectivity index (χ0n) is 8.07. The van der Waals surface area contributed by atoms with Gasteiger partial charge in [-0.2, -0.15) is 0 Å². The molecule has 0 aliphatic heterocycles. The number of hydrogen-bond donors (Lipinski definition) is 4. The molecule has 7 nitrogen and oxygen atoms in total. The van der Waals surface area contributed by atoms with E-state index in [4.69, 9.17) is 5.11 Å². The Kier molecular flexibility index (Phi) is 3.40. The summed E-state index contributed by atoms with van der Waals surface area (Å²) in [5, 5.41) is 17.9. The molecule has 1 rings (SSSR count). The molecular formula is C8H11N3O4. The van der Waals surface area contributed by atoms with Crippen molar-refractivity contribution in [3.63, 3.8) is 0 Å². The first kappa shape index (κ1) is 11.2. The maximum Gasteiger partial charge on any atom is 0.328 e. The van der Waals surface area contributed by atoms with Crippen LogP contribution in [0.1, 0.15) is 12.5 Å². The molecule has 0 fully saturated rings. The molecule has 0 bridgehead atoms. The average Bonchev–Trinajstić information content (AvgIpc) is 2.12. The van der Waals surface area contributed by atoms with E-state index >= 15 is 0 Å². The Hall–Kier alpha value is -1.89. The van der Waals surface area contributed by atoms with Crippen molar-refractivity contribution in [2.75, 3.05) is 13.2 Å². The third kappa shape index (κ3) is 2.53. The van der Waals surface area contributed by atoms with Crippen LogP contribution in [-0.2, 0) is 0 Å². The summed E-state index contributed by atoms with van der Waals surface area (Å²) in [6, 6.07) is 0. The van der Waals surface area contributed by atoms with E-state index in [2.05, 4.69) is 4.99 Å². The number of rotatable bonds is 3. The fourth-order valence-electron chi connectivity index (χ4n) is 1.11. The summed E-state index contributed by atoms with van der Waals surface area (Å²) < 4.78 is 0. The number of aliphatic hydroxyl groups is 1. The van der Waals surface area contributed by atoms with Gasteiger partial charge < -0.3 is 10.2 Å². The highest BCUT2D eigenvalue weighted by atomic mass is 16.3. The molecule has 0 aromatic carbocycles. The Balaban J connectivity index is 3.26. The van der Waals surface area contributed by atoms with Crippen LogP contribution in [0.5, 0.6) is 5.88 Å². The van der Waals surface area contributed by atoms with Gasteiger partial charge in [0.15, 0.2) is 0 Å². The second-order valence-corrected chi connectivity index (χ2v) is 2.82. The summed E-state index contributed by atoms with van der Waals surface area (Å²) >= 11 is 0. The zero-order valence-corrected chi connectivity index (χ0v) is 8.07. The Morgan fingerprint density at radius 3 is 2.60 bits per heavy atom. The summed E-state index contributed by atoms with van der Waals surface area (Å²) in [4.78, 5) is 29.9. The third-order valence-electron chi connectivity index (χ3n) is 1.73. The van der Waals surface area contributed by atoms with Crippen molar-refractivity contribution in [3.05, 3.63) is 26.4 Å². The largest absolute Gasteiger partial charge is 0.494 e. The van der Waals surface area contributed by atoms with Gasteiger partial charge in [-0.25, -0.2) is 4.79 Å². The van der Waals surface area contributed by atoms with Crippen LogP contribution in [0.2, 0.25) is 0 Å². The number of H-pyrrole nitrogens is 2. The number of aromatic amines is 2. The van der Waals surface area contributed by atoms with Crippen molar-refractivity contribution in [1.29, 1.82) is 0 Å². The number of aromatic hydroxyl groups is 1. The quantitative estimate of drug-likeness (QED) is 0.460. The molecule has 0 saturated carbocycles. The van der Waals surface area contributed by atoms with Gasteiger partial charge in [0.1, 0.15) is 5.56 Å². The highest BCUT2D eigenvalue weighted by Gasteiger charge is 2.10. The number of aliphatic imine (C=N–C) groups is 1. The average molecular weight is 213 g/mol. The molecule has 1 aromatic heterocycles. The van der Waals surface area contributed by atoms with E-state index in [1.807, 2.05) is 9.97 Å². The molecule has 0 aliphatic carbocycles. The molecule has 1 heterocycles. The van der Waals surface area contributed by atoms with Gasteiger partial charge in [0, 0.05) is 5.71 Å². The van der Waals surface area contributed by atoms with Crippen LogP contribution in [0.4, 0.5) is 0 Å². The number of nitrogens with one attached hydrogen (secondary N) is 2. The van der Waals surface area contributed by atoms with Crippen LogP contribution >= 0.6 is 0 Å². The summed E-state index contributed by atoms with van der Waals surface area (Å²) in [7, 11) is 0. The Labute approximate surface area is 84.1 Å². The van der Waals surface area contributed by atoms with Crippen LogP contribution in [0.25, 0.3) is 0 Å². The smallest absolute Gasteiger partial charge is 0.328 e. The first-order chi connectivity index (χ1) is 7.06. The van der Waals surface area contributed by atoms with Crippen LogP contribution in [-0.4, -0.2) is 39.0 Å². The lowest BCUT2D eigenvalue weighted by Crippen LogP contribution is -2.27. The van der Waals surface area contributed by atoms with Gasteiger partial charge in [0.25, 0.3) is 5.56 Å². The van der Waals surface area contributed by atoms with Crippen LogP contribution in [0.3, 0.4) is 0 Å². The van der Waals surface area contributed by atoms with Crippen molar-refractivity contribution in [3.8, 4) is 5.88 Å². The molecule has 0 unspecified atom stereocenters. The Morgan fingerprint density at radius 2 is 2.07 bits per heavy atom. The number of aliphatic hydroxyl groups excluding tert-OH is 1. The molecular weight excluding hydrogens is 202 g/mol. The minimum absolute atomic E-state index is 0.0944. The van der Waals surface area contributed by atoms with Gasteiger partial charge >= 0.3 is 5.69 Å². The minimum atomic E-state index is -0.781. The fraction of sp³-hybridized carbons (Fsp3) is 0.375. The Bertz CT molecular complexity index is 485. The second kappa shape index (κ2) is 4.56. The predicted octanol–water partition coefficient (Wildman–Crippen LogP) is -1.43. The monoisotopic (exact) mass is 213 g/mol. The third-order valence-corrected chi connectivity index (χ3v) is 1.73. The van der Waals surface area contributed by atoms with Crippen LogP contribution in [0, 0.1) is 0 Å². The number of nitrogens with zero attached hydrogens (tertiary/aromatic N) is 1. The lowest BCUT2D eigenvalue weighted by atomic mass is 10.2. The van der Waals surface area contributed by atoms with Crippen molar-refractivity contribution in [1.82, 2.24) is 9.97 Å². The van der Waals surface area contributed by atoms with Crippen molar-refractivity contribution >= 4 is 5.71 Å². The molecule has 0 atom stereocenters. The minimum Gasteiger partial charge on any atom is -0.494 e. The fourth-order valence-corrected chi connectivity index (χ4v) is 1.11. The molecule has 0 amide bonds. The first-order valence-electron chi connectivity index (χ1n) is 4.24. The number of hydrogen-bond acceptors (Lipinski definition) is 5. The molecule has 4 N–H and O–H groups in total. The molecule has 1 aromatic rings. The van der Waals surface area contributed by atoms with E-state index in [1.54, 1.807) is 0 Å². The van der Waals surface area contributed by atoms with Crippen molar-refractivity contribution in [2.24, 2.45) is 4.99 Å². The van der Waals surface area contributed by atoms with Crippen LogP contribution in [0.15, 0.2) is 14.6 Å². The highest BCUT2D eigenvalue weighted by Crippen LogP contribution is 2.05. The maximum atomic E-state index is 11.3. The predicted molar refractivity (Wildman–Crippen MR) is 53.5 cm³/mol. The molecule has 0 spiro atoms. The second-order valence-electron chi connectivity index (χ2n) is 2.82. The van der Waals surface area contributed by atoms with Gasteiger partial charge in [0.2, 0.25) is 5.88 Å². The SMILES string of the molecule is CC(=NCCO)c1c(O)[nH]c(=O)[nH]c1=O. The van der Waals surface area contributed by atoms with Gasteiger partial charge in [0.05, 0.1) is 13.2 Å². The lowest BCUT2D eigenvalue weighted by molar-refractivity contribution is 0.307. The molecule has 7 heteroatoms. The van der Waals surface area contributed by atoms with Gasteiger partial charge in [-0.3, -0.25) is 19.8 Å². The summed E-state index contributed by atoms with van der Waals surface area (Å²) in [6.45, 7) is 1.47. The van der Waals surface area contributed by atoms with Crippen LogP contribution < -0.4 is 11.2 Å². The highest BCUT2D eigenvalue weighted by molar-refractivity contribution is 6.00. The summed E-state index contributed by atoms with van der Waals surface area (Å²) in [5.74, 6) is -0.525. The molecule has 0 saturated heterocycles. The normalized spacial score (nSPS) is 11.7. The van der Waals surface area contributed by atoms with Crippen molar-refractivity contribution in [2.45, 2.75) is 6.92 Å². The van der Waals surface area contributed by atoms with Crippen molar-refractivity contribution < 1.29 is 10.2 Å². The molecule has 82 valence electrons. The summed E-state index contributed by atoms with van der Waals surface area (Å²) in [6.07, 6.45) is 0. The van der Waals surface area contributed by atoms with E-state index in [9.17, 15) is 14.7 Å². The van der Waals surface area contributed by atoms with Gasteiger partial charge in [-0.05, 0) is 6.92 Å². The maximum absolute atomic E-state index is 11.3. The summed E-state index contributed by atoms with van der Waals surface area (Å²) in [5.41, 5.74) is -1.34. The number of aromatic nitrogens is 2. The topological polar surface area (TPSA) is 119 Å². The van der Waals surface area contributed by atoms with E-state index in [1.165, 1.54) is 6.92 Å². The van der Waals surface area contributed by atoms with E-state index in [-0.39, 0.29) is 24.4 Å². The van der Waals surface area contributed by atoms with E-state index < -0.39 is 17.1 Å².